The van der Waals surface area contributed by atoms with Gasteiger partial charge in [-0.25, -0.2) is 18.4 Å². The average Bonchev–Trinajstić information content (AvgIpc) is 3.13. The number of rotatable bonds is 6. The van der Waals surface area contributed by atoms with E-state index in [1.165, 1.54) is 29.5 Å². The van der Waals surface area contributed by atoms with Crippen molar-refractivity contribution >= 4 is 0 Å². The molecule has 1 saturated heterocycles. The van der Waals surface area contributed by atoms with Gasteiger partial charge in [-0.3, -0.25) is 4.90 Å². The number of nitrogens with zero attached hydrogens (tertiary/aromatic N) is 4. The summed E-state index contributed by atoms with van der Waals surface area (Å²) in [5, 5.41) is 15.6. The van der Waals surface area contributed by atoms with Crippen LogP contribution < -0.4 is 0 Å². The van der Waals surface area contributed by atoms with E-state index in [2.05, 4.69) is 21.6 Å². The van der Waals surface area contributed by atoms with Crippen LogP contribution in [0.15, 0.2) is 43.5 Å². The van der Waals surface area contributed by atoms with Gasteiger partial charge in [0.15, 0.2) is 0 Å². The zero-order chi connectivity index (χ0) is 18.7. The van der Waals surface area contributed by atoms with Crippen molar-refractivity contribution in [3.05, 3.63) is 60.7 Å². The summed E-state index contributed by atoms with van der Waals surface area (Å²) in [4.78, 5) is 6.03. The number of hydrogen-bond acceptors (Lipinski definition) is 4. The number of likely N-dealkylation sites (tertiary alicyclic amines) is 1. The number of aliphatic hydroxyl groups is 1. The Morgan fingerprint density at radius 1 is 1.38 bits per heavy atom. The molecule has 7 heteroatoms. The highest BCUT2D eigenvalue weighted by Crippen LogP contribution is 2.34. The summed E-state index contributed by atoms with van der Waals surface area (Å²) in [7, 11) is 0. The molecule has 0 spiro atoms. The van der Waals surface area contributed by atoms with Gasteiger partial charge >= 0.3 is 0 Å². The van der Waals surface area contributed by atoms with Crippen LogP contribution in [0.3, 0.4) is 0 Å². The maximum atomic E-state index is 14.5. The number of benzene rings is 1. The van der Waals surface area contributed by atoms with Crippen LogP contribution >= 0.6 is 0 Å². The summed E-state index contributed by atoms with van der Waals surface area (Å²) < 4.78 is 29.4. The Morgan fingerprint density at radius 3 is 2.69 bits per heavy atom. The summed E-state index contributed by atoms with van der Waals surface area (Å²) >= 11 is 0. The summed E-state index contributed by atoms with van der Waals surface area (Å²) in [6, 6.07) is 2.89. The molecule has 1 fully saturated rings. The normalized spacial score (nSPS) is 19.8. The monoisotopic (exact) mass is 362 g/mol. The van der Waals surface area contributed by atoms with Crippen LogP contribution in [-0.4, -0.2) is 43.9 Å². The zero-order valence-electron chi connectivity index (χ0n) is 14.9. The van der Waals surface area contributed by atoms with E-state index in [1.807, 2.05) is 13.0 Å². The lowest BCUT2D eigenvalue weighted by Gasteiger charge is -2.44. The van der Waals surface area contributed by atoms with E-state index in [4.69, 9.17) is 0 Å². The third kappa shape index (κ3) is 3.68. The summed E-state index contributed by atoms with van der Waals surface area (Å²) in [6.45, 7) is 7.30. The number of hydrogen-bond donors (Lipinski definition) is 1. The SMILES string of the molecule is C=CC1CCN([C@H](C)[C@](O)(Cn2cncn2)c2ccc(F)cc2F)CC1. The second-order valence-corrected chi connectivity index (χ2v) is 6.93. The van der Waals surface area contributed by atoms with Gasteiger partial charge in [0.05, 0.1) is 6.54 Å². The van der Waals surface area contributed by atoms with Gasteiger partial charge in [-0.1, -0.05) is 12.1 Å². The highest BCUT2D eigenvalue weighted by Gasteiger charge is 2.42. The molecule has 2 aromatic rings. The largest absolute Gasteiger partial charge is 0.381 e. The number of piperidine rings is 1. The van der Waals surface area contributed by atoms with Crippen LogP contribution in [0.2, 0.25) is 0 Å². The summed E-state index contributed by atoms with van der Waals surface area (Å²) in [5.41, 5.74) is -1.51. The molecule has 1 aromatic carbocycles. The number of allylic oxidation sites excluding steroid dienone is 1. The van der Waals surface area contributed by atoms with Crippen molar-refractivity contribution in [3.63, 3.8) is 0 Å². The molecule has 0 bridgehead atoms. The lowest BCUT2D eigenvalue weighted by Crippen LogP contribution is -2.53. The van der Waals surface area contributed by atoms with E-state index in [0.717, 1.165) is 32.0 Å². The highest BCUT2D eigenvalue weighted by atomic mass is 19.1. The molecule has 26 heavy (non-hydrogen) atoms. The van der Waals surface area contributed by atoms with Crippen LogP contribution in [0.25, 0.3) is 0 Å². The maximum absolute atomic E-state index is 14.5. The second kappa shape index (κ2) is 7.63. The first-order valence-corrected chi connectivity index (χ1v) is 8.81. The third-order valence-corrected chi connectivity index (χ3v) is 5.41. The van der Waals surface area contributed by atoms with E-state index >= 15 is 0 Å². The van der Waals surface area contributed by atoms with Gasteiger partial charge in [0.2, 0.25) is 0 Å². The predicted octanol–water partition coefficient (Wildman–Crippen LogP) is 2.73. The molecule has 5 nitrogen and oxygen atoms in total. The third-order valence-electron chi connectivity index (χ3n) is 5.41. The highest BCUT2D eigenvalue weighted by molar-refractivity contribution is 5.27. The molecule has 1 aromatic heterocycles. The molecule has 1 aliphatic rings. The quantitative estimate of drug-likeness (QED) is 0.803. The van der Waals surface area contributed by atoms with Crippen molar-refractivity contribution < 1.29 is 13.9 Å². The topological polar surface area (TPSA) is 54.2 Å². The fourth-order valence-electron chi connectivity index (χ4n) is 3.69. The smallest absolute Gasteiger partial charge is 0.137 e. The van der Waals surface area contributed by atoms with Crippen LogP contribution in [0.5, 0.6) is 0 Å². The van der Waals surface area contributed by atoms with Crippen molar-refractivity contribution in [2.45, 2.75) is 38.0 Å². The van der Waals surface area contributed by atoms with Crippen LogP contribution in [0.4, 0.5) is 8.78 Å². The van der Waals surface area contributed by atoms with Crippen molar-refractivity contribution in [3.8, 4) is 0 Å². The zero-order valence-corrected chi connectivity index (χ0v) is 14.9. The van der Waals surface area contributed by atoms with Gasteiger partial charge in [0, 0.05) is 17.7 Å². The Hall–Kier alpha value is -2.12. The second-order valence-electron chi connectivity index (χ2n) is 6.93. The lowest BCUT2D eigenvalue weighted by atomic mass is 9.84. The van der Waals surface area contributed by atoms with Crippen LogP contribution in [0, 0.1) is 17.6 Å². The lowest BCUT2D eigenvalue weighted by molar-refractivity contribution is -0.0700. The van der Waals surface area contributed by atoms with Crippen molar-refractivity contribution in [1.82, 2.24) is 19.7 Å². The van der Waals surface area contributed by atoms with Gasteiger partial charge < -0.3 is 5.11 Å². The minimum atomic E-state index is -1.58. The minimum absolute atomic E-state index is 0.0259. The van der Waals surface area contributed by atoms with Gasteiger partial charge in [-0.15, -0.1) is 6.58 Å². The van der Waals surface area contributed by atoms with Gasteiger partial charge in [0.1, 0.15) is 29.9 Å². The molecule has 140 valence electrons. The number of aromatic nitrogens is 3. The fraction of sp³-hybridized carbons (Fsp3) is 0.474. The molecule has 0 radical (unpaired) electrons. The van der Waals surface area contributed by atoms with E-state index in [0.29, 0.717) is 5.92 Å². The van der Waals surface area contributed by atoms with Crippen molar-refractivity contribution in [2.75, 3.05) is 13.1 Å². The molecule has 2 heterocycles. The fourth-order valence-corrected chi connectivity index (χ4v) is 3.69. The minimum Gasteiger partial charge on any atom is -0.381 e. The van der Waals surface area contributed by atoms with Gasteiger partial charge in [-0.05, 0) is 44.8 Å². The average molecular weight is 362 g/mol. The summed E-state index contributed by atoms with van der Waals surface area (Å²) in [6.07, 6.45) is 6.69. The van der Waals surface area contributed by atoms with Gasteiger partial charge in [-0.2, -0.15) is 5.10 Å². The summed E-state index contributed by atoms with van der Waals surface area (Å²) in [5.74, 6) is -0.973. The van der Waals surface area contributed by atoms with E-state index < -0.39 is 23.3 Å². The Kier molecular flexibility index (Phi) is 5.48. The van der Waals surface area contributed by atoms with Crippen LogP contribution in [0.1, 0.15) is 25.3 Å². The Balaban J connectivity index is 1.93. The Labute approximate surface area is 152 Å². The molecule has 0 saturated carbocycles. The van der Waals surface area contributed by atoms with E-state index in [-0.39, 0.29) is 12.1 Å². The predicted molar refractivity (Wildman–Crippen MR) is 94.2 cm³/mol. The van der Waals surface area contributed by atoms with Crippen LogP contribution in [-0.2, 0) is 12.1 Å². The Bertz CT molecular complexity index is 744. The van der Waals surface area contributed by atoms with Crippen molar-refractivity contribution in [1.29, 1.82) is 0 Å². The van der Waals surface area contributed by atoms with E-state index in [1.54, 1.807) is 0 Å². The molecule has 1 N–H and O–H groups in total. The maximum Gasteiger partial charge on any atom is 0.137 e. The molecule has 0 aliphatic carbocycles. The molecule has 2 atom stereocenters. The molecule has 1 aliphatic heterocycles. The first kappa shape index (κ1) is 18.7. The first-order chi connectivity index (χ1) is 12.4. The van der Waals surface area contributed by atoms with Gasteiger partial charge in [0.25, 0.3) is 0 Å². The Morgan fingerprint density at radius 2 is 2.12 bits per heavy atom. The van der Waals surface area contributed by atoms with Crippen molar-refractivity contribution in [2.24, 2.45) is 5.92 Å². The standard InChI is InChI=1S/C19H24F2N4O/c1-3-15-6-8-24(9-7-15)14(2)19(26,11-25-13-22-12-23-25)17-5-4-16(20)10-18(17)21/h3-5,10,12-15,26H,1,6-9,11H2,2H3/t14-,19-/m1/s1. The molecule has 0 amide bonds. The number of halogens is 2. The molecular weight excluding hydrogens is 338 g/mol. The molecule has 0 unspecified atom stereocenters. The first-order valence-electron chi connectivity index (χ1n) is 8.81. The van der Waals surface area contributed by atoms with E-state index in [9.17, 15) is 13.9 Å². The molecule has 3 rings (SSSR count). The molecular formula is C19H24F2N4O.